The lowest BCUT2D eigenvalue weighted by molar-refractivity contribution is 0.681. The summed E-state index contributed by atoms with van der Waals surface area (Å²) in [5.41, 5.74) is 8.28. The van der Waals surface area contributed by atoms with E-state index in [1.54, 1.807) is 0 Å². The van der Waals surface area contributed by atoms with Crippen molar-refractivity contribution in [3.05, 3.63) is 30.6 Å². The summed E-state index contributed by atoms with van der Waals surface area (Å²) >= 11 is 0. The zero-order chi connectivity index (χ0) is 13.5. The molecule has 3 heteroatoms. The zero-order valence-electron chi connectivity index (χ0n) is 11.8. The third kappa shape index (κ3) is 2.33. The first kappa shape index (κ1) is 12.0. The molecule has 0 aliphatic heterocycles. The van der Waals surface area contributed by atoms with E-state index in [1.165, 1.54) is 49.8 Å². The number of fused-ring (bicyclic) bond motifs is 1. The van der Waals surface area contributed by atoms with Crippen molar-refractivity contribution in [1.82, 2.24) is 4.98 Å². The maximum Gasteiger partial charge on any atom is 0.0463 e. The highest BCUT2D eigenvalue weighted by molar-refractivity contribution is 6.00. The topological polar surface area (TPSA) is 42.1 Å². The molecule has 0 atom stereocenters. The van der Waals surface area contributed by atoms with Crippen LogP contribution in [-0.4, -0.2) is 18.1 Å². The minimum atomic E-state index is 0.851. The normalized spacial score (nSPS) is 18.4. The van der Waals surface area contributed by atoms with E-state index in [0.29, 0.717) is 0 Å². The van der Waals surface area contributed by atoms with E-state index in [2.05, 4.69) is 16.0 Å². The quantitative estimate of drug-likeness (QED) is 0.844. The van der Waals surface area contributed by atoms with Crippen molar-refractivity contribution in [2.75, 3.05) is 23.7 Å². The number of hydrogen-bond donors (Lipinski definition) is 1. The zero-order valence-corrected chi connectivity index (χ0v) is 11.8. The second-order valence-electron chi connectivity index (χ2n) is 6.39. The van der Waals surface area contributed by atoms with Crippen LogP contribution in [0.3, 0.4) is 0 Å². The smallest absolute Gasteiger partial charge is 0.0463 e. The van der Waals surface area contributed by atoms with Crippen LogP contribution in [0, 0.1) is 11.8 Å². The van der Waals surface area contributed by atoms with Crippen molar-refractivity contribution in [1.29, 1.82) is 0 Å². The Labute approximate surface area is 119 Å². The Hall–Kier alpha value is -1.77. The van der Waals surface area contributed by atoms with Crippen LogP contribution < -0.4 is 10.6 Å². The predicted molar refractivity (Wildman–Crippen MR) is 83.8 cm³/mol. The molecule has 3 nitrogen and oxygen atoms in total. The van der Waals surface area contributed by atoms with Crippen LogP contribution in [0.1, 0.15) is 25.7 Å². The molecule has 2 N–H and O–H groups in total. The molecule has 2 fully saturated rings. The van der Waals surface area contributed by atoms with Gasteiger partial charge in [0.2, 0.25) is 0 Å². The molecule has 2 aliphatic rings. The van der Waals surface area contributed by atoms with E-state index in [9.17, 15) is 0 Å². The molecule has 0 saturated heterocycles. The number of nitrogen functional groups attached to an aromatic ring is 1. The van der Waals surface area contributed by atoms with E-state index in [-0.39, 0.29) is 0 Å². The van der Waals surface area contributed by atoms with Crippen LogP contribution in [-0.2, 0) is 0 Å². The van der Waals surface area contributed by atoms with Gasteiger partial charge in [-0.25, -0.2) is 0 Å². The molecule has 4 rings (SSSR count). The number of aromatic nitrogens is 1. The molecule has 1 heterocycles. The highest BCUT2D eigenvalue weighted by atomic mass is 15.1. The van der Waals surface area contributed by atoms with E-state index < -0.39 is 0 Å². The van der Waals surface area contributed by atoms with Gasteiger partial charge in [0.25, 0.3) is 0 Å². The van der Waals surface area contributed by atoms with E-state index >= 15 is 0 Å². The van der Waals surface area contributed by atoms with Crippen LogP contribution in [0.5, 0.6) is 0 Å². The van der Waals surface area contributed by atoms with Gasteiger partial charge in [-0.3, -0.25) is 4.98 Å². The SMILES string of the molecule is Nc1ccc(N(CC2CC2)CC2CC2)c2cnccc12. The van der Waals surface area contributed by atoms with Crippen molar-refractivity contribution < 1.29 is 0 Å². The lowest BCUT2D eigenvalue weighted by Crippen LogP contribution is -2.28. The summed E-state index contributed by atoms with van der Waals surface area (Å²) in [6.07, 6.45) is 9.37. The molecule has 1 aromatic carbocycles. The summed E-state index contributed by atoms with van der Waals surface area (Å²) in [5, 5.41) is 2.34. The van der Waals surface area contributed by atoms with Gasteiger partial charge in [0.05, 0.1) is 0 Å². The molecule has 104 valence electrons. The van der Waals surface area contributed by atoms with Gasteiger partial charge in [-0.05, 0) is 55.7 Å². The summed E-state index contributed by atoms with van der Waals surface area (Å²) < 4.78 is 0. The van der Waals surface area contributed by atoms with Gasteiger partial charge in [-0.15, -0.1) is 0 Å². The molecule has 20 heavy (non-hydrogen) atoms. The van der Waals surface area contributed by atoms with Crippen molar-refractivity contribution in [2.45, 2.75) is 25.7 Å². The Morgan fingerprint density at radius 2 is 1.70 bits per heavy atom. The molecule has 0 spiro atoms. The maximum absolute atomic E-state index is 6.11. The summed E-state index contributed by atoms with van der Waals surface area (Å²) in [6.45, 7) is 2.40. The van der Waals surface area contributed by atoms with Crippen LogP contribution in [0.4, 0.5) is 11.4 Å². The van der Waals surface area contributed by atoms with Crippen LogP contribution in [0.25, 0.3) is 10.8 Å². The minimum Gasteiger partial charge on any atom is -0.398 e. The van der Waals surface area contributed by atoms with Crippen LogP contribution >= 0.6 is 0 Å². The molecule has 0 unspecified atom stereocenters. The number of benzene rings is 1. The first-order valence-electron chi connectivity index (χ1n) is 7.68. The molecule has 2 aromatic rings. The van der Waals surface area contributed by atoms with Gasteiger partial charge >= 0.3 is 0 Å². The maximum atomic E-state index is 6.11. The summed E-state index contributed by atoms with van der Waals surface area (Å²) in [7, 11) is 0. The average Bonchev–Trinajstić information content (AvgIpc) is 3.35. The molecular formula is C17H21N3. The number of anilines is 2. The molecule has 0 amide bonds. The number of rotatable bonds is 5. The Balaban J connectivity index is 1.74. The number of nitrogens with zero attached hydrogens (tertiary/aromatic N) is 2. The average molecular weight is 267 g/mol. The van der Waals surface area contributed by atoms with E-state index in [4.69, 9.17) is 5.73 Å². The standard InChI is InChI=1S/C17H21N3/c18-16-5-6-17(15-9-19-8-7-14(15)16)20(10-12-1-2-12)11-13-3-4-13/h5-9,12-13H,1-4,10-11,18H2. The first-order valence-corrected chi connectivity index (χ1v) is 7.68. The third-order valence-electron chi connectivity index (χ3n) is 4.52. The van der Waals surface area contributed by atoms with Gasteiger partial charge in [0.1, 0.15) is 0 Å². The van der Waals surface area contributed by atoms with Gasteiger partial charge in [-0.1, -0.05) is 0 Å². The second kappa shape index (κ2) is 4.65. The summed E-state index contributed by atoms with van der Waals surface area (Å²) in [4.78, 5) is 6.89. The fourth-order valence-corrected chi connectivity index (χ4v) is 2.97. The van der Waals surface area contributed by atoms with Gasteiger partial charge in [0, 0.05) is 47.6 Å². The summed E-state index contributed by atoms with van der Waals surface area (Å²) in [6, 6.07) is 6.26. The first-order chi connectivity index (χ1) is 9.81. The monoisotopic (exact) mass is 267 g/mol. The lowest BCUT2D eigenvalue weighted by atomic mass is 10.1. The fourth-order valence-electron chi connectivity index (χ4n) is 2.97. The van der Waals surface area contributed by atoms with Gasteiger partial charge in [-0.2, -0.15) is 0 Å². The number of pyridine rings is 1. The Morgan fingerprint density at radius 3 is 2.35 bits per heavy atom. The van der Waals surface area contributed by atoms with Gasteiger partial charge < -0.3 is 10.6 Å². The molecule has 1 aromatic heterocycles. The molecule has 0 radical (unpaired) electrons. The largest absolute Gasteiger partial charge is 0.398 e. The van der Waals surface area contributed by atoms with Crippen molar-refractivity contribution in [3.63, 3.8) is 0 Å². The van der Waals surface area contributed by atoms with E-state index in [1.807, 2.05) is 24.5 Å². The Morgan fingerprint density at radius 1 is 1.00 bits per heavy atom. The number of nitrogens with two attached hydrogens (primary N) is 1. The highest BCUT2D eigenvalue weighted by Crippen LogP contribution is 2.38. The second-order valence-corrected chi connectivity index (χ2v) is 6.39. The number of hydrogen-bond acceptors (Lipinski definition) is 3. The van der Waals surface area contributed by atoms with Crippen molar-refractivity contribution in [3.8, 4) is 0 Å². The highest BCUT2D eigenvalue weighted by Gasteiger charge is 2.30. The lowest BCUT2D eigenvalue weighted by Gasteiger charge is -2.26. The third-order valence-corrected chi connectivity index (χ3v) is 4.52. The van der Waals surface area contributed by atoms with Crippen LogP contribution in [0.15, 0.2) is 30.6 Å². The van der Waals surface area contributed by atoms with Crippen molar-refractivity contribution >= 4 is 22.1 Å². The van der Waals surface area contributed by atoms with Gasteiger partial charge in [0.15, 0.2) is 0 Å². The molecule has 0 bridgehead atoms. The minimum absolute atomic E-state index is 0.851. The molecular weight excluding hydrogens is 246 g/mol. The Bertz CT molecular complexity index is 615. The summed E-state index contributed by atoms with van der Waals surface area (Å²) in [5.74, 6) is 1.80. The van der Waals surface area contributed by atoms with E-state index in [0.717, 1.165) is 22.9 Å². The van der Waals surface area contributed by atoms with Crippen molar-refractivity contribution in [2.24, 2.45) is 11.8 Å². The Kier molecular flexibility index (Phi) is 2.79. The van der Waals surface area contributed by atoms with Crippen LogP contribution in [0.2, 0.25) is 0 Å². The fraction of sp³-hybridized carbons (Fsp3) is 0.471. The predicted octanol–water partition coefficient (Wildman–Crippen LogP) is 3.44. The molecule has 2 saturated carbocycles. The molecule has 2 aliphatic carbocycles.